The van der Waals surface area contributed by atoms with Crippen molar-refractivity contribution in [3.63, 3.8) is 0 Å². The molecule has 0 spiro atoms. The number of hydrogen-bond donors (Lipinski definition) is 0. The number of nitrogens with zero attached hydrogens (tertiary/aromatic N) is 1. The summed E-state index contributed by atoms with van der Waals surface area (Å²) in [6.07, 6.45) is -8.62. The minimum absolute atomic E-state index is 0.0671. The number of carbonyl (C=O) groups is 2. The fourth-order valence-electron chi connectivity index (χ4n) is 5.00. The lowest BCUT2D eigenvalue weighted by Crippen LogP contribution is -2.49. The van der Waals surface area contributed by atoms with Gasteiger partial charge in [-0.3, -0.25) is 9.59 Å². The van der Waals surface area contributed by atoms with E-state index >= 15 is 0 Å². The average Bonchev–Trinajstić information content (AvgIpc) is 3.15. The normalized spacial score (nSPS) is 21.5. The van der Waals surface area contributed by atoms with Gasteiger partial charge in [0.2, 0.25) is 5.91 Å². The summed E-state index contributed by atoms with van der Waals surface area (Å²) in [6.45, 7) is 0.185. The molecule has 1 aliphatic carbocycles. The number of alkyl halides is 6. The first-order valence-corrected chi connectivity index (χ1v) is 10.6. The number of halogens is 6. The molecule has 1 amide bonds. The van der Waals surface area contributed by atoms with E-state index in [-0.39, 0.29) is 43.2 Å². The standard InChI is InChI=1S/C24H21F6NO2/c25-23(26,27)17-12-15(13-18(14-17)24(28,29)30)20-8-11-31(21(20)33)22(9-6-19(32)7-10-22)16-4-2-1-3-5-16/h1-5,12-14,20H,6-11H2/t20-/m0/s1. The SMILES string of the molecule is O=C1CCC(c2ccccc2)(N2CC[C@@H](c3cc(C(F)(F)F)cc(C(F)(F)F)c3)C2=O)CC1. The number of benzene rings is 2. The van der Waals surface area contributed by atoms with Crippen LogP contribution in [-0.2, 0) is 27.5 Å². The van der Waals surface area contributed by atoms with E-state index in [9.17, 15) is 35.9 Å². The Morgan fingerprint density at radius 1 is 0.818 bits per heavy atom. The molecule has 33 heavy (non-hydrogen) atoms. The monoisotopic (exact) mass is 469 g/mol. The van der Waals surface area contributed by atoms with Crippen molar-refractivity contribution < 1.29 is 35.9 Å². The maximum atomic E-state index is 13.5. The third-order valence-corrected chi connectivity index (χ3v) is 6.68. The first-order chi connectivity index (χ1) is 15.4. The molecule has 1 heterocycles. The lowest BCUT2D eigenvalue weighted by molar-refractivity contribution is -0.143. The fraction of sp³-hybridized carbons (Fsp3) is 0.417. The van der Waals surface area contributed by atoms with Gasteiger partial charge in [0.1, 0.15) is 5.78 Å². The number of carbonyl (C=O) groups excluding carboxylic acids is 2. The van der Waals surface area contributed by atoms with Crippen LogP contribution in [0.2, 0.25) is 0 Å². The van der Waals surface area contributed by atoms with Gasteiger partial charge in [0.25, 0.3) is 0 Å². The molecule has 0 aromatic heterocycles. The predicted molar refractivity (Wildman–Crippen MR) is 107 cm³/mol. The fourth-order valence-corrected chi connectivity index (χ4v) is 5.00. The molecule has 2 aromatic rings. The highest BCUT2D eigenvalue weighted by atomic mass is 19.4. The summed E-state index contributed by atoms with van der Waals surface area (Å²) in [5.41, 5.74) is -3.15. The molecule has 4 rings (SSSR count). The van der Waals surface area contributed by atoms with Crippen LogP contribution in [0.15, 0.2) is 48.5 Å². The maximum absolute atomic E-state index is 13.5. The van der Waals surface area contributed by atoms with Gasteiger partial charge in [0.05, 0.1) is 22.6 Å². The van der Waals surface area contributed by atoms with Gasteiger partial charge in [-0.25, -0.2) is 0 Å². The Kier molecular flexibility index (Phi) is 5.78. The van der Waals surface area contributed by atoms with Crippen molar-refractivity contribution in [1.29, 1.82) is 0 Å². The Hall–Kier alpha value is -2.84. The smallest absolute Gasteiger partial charge is 0.332 e. The molecule has 0 N–H and O–H groups in total. The van der Waals surface area contributed by atoms with Crippen LogP contribution in [0.3, 0.4) is 0 Å². The Morgan fingerprint density at radius 2 is 1.36 bits per heavy atom. The van der Waals surface area contributed by atoms with Gasteiger partial charge in [-0.15, -0.1) is 0 Å². The number of amides is 1. The van der Waals surface area contributed by atoms with Crippen molar-refractivity contribution >= 4 is 11.7 Å². The largest absolute Gasteiger partial charge is 0.416 e. The summed E-state index contributed by atoms with van der Waals surface area (Å²) < 4.78 is 79.9. The van der Waals surface area contributed by atoms with Crippen LogP contribution in [-0.4, -0.2) is 23.1 Å². The highest BCUT2D eigenvalue weighted by Crippen LogP contribution is 2.47. The van der Waals surface area contributed by atoms with E-state index < -0.39 is 40.8 Å². The first kappa shape index (κ1) is 23.3. The minimum atomic E-state index is -4.98. The topological polar surface area (TPSA) is 37.4 Å². The molecular weight excluding hydrogens is 448 g/mol. The van der Waals surface area contributed by atoms with Crippen LogP contribution in [0.1, 0.15) is 60.3 Å². The quantitative estimate of drug-likeness (QED) is 0.511. The molecule has 0 radical (unpaired) electrons. The van der Waals surface area contributed by atoms with E-state index in [1.807, 2.05) is 12.1 Å². The van der Waals surface area contributed by atoms with Crippen LogP contribution < -0.4 is 0 Å². The molecule has 0 bridgehead atoms. The third-order valence-electron chi connectivity index (χ3n) is 6.68. The molecule has 2 fully saturated rings. The zero-order valence-corrected chi connectivity index (χ0v) is 17.5. The van der Waals surface area contributed by atoms with Crippen molar-refractivity contribution in [2.75, 3.05) is 6.54 Å². The molecule has 9 heteroatoms. The van der Waals surface area contributed by atoms with E-state index in [2.05, 4.69) is 0 Å². The van der Waals surface area contributed by atoms with Crippen molar-refractivity contribution in [2.24, 2.45) is 0 Å². The van der Waals surface area contributed by atoms with Gasteiger partial charge in [-0.05, 0) is 48.6 Å². The molecule has 1 aliphatic heterocycles. The van der Waals surface area contributed by atoms with E-state index in [1.165, 1.54) is 0 Å². The number of hydrogen-bond acceptors (Lipinski definition) is 2. The van der Waals surface area contributed by atoms with Gasteiger partial charge in [-0.1, -0.05) is 30.3 Å². The summed E-state index contributed by atoms with van der Waals surface area (Å²) in [5, 5.41) is 0. The van der Waals surface area contributed by atoms with Crippen LogP contribution in [0.5, 0.6) is 0 Å². The summed E-state index contributed by atoms with van der Waals surface area (Å²) in [5.74, 6) is -1.57. The first-order valence-electron chi connectivity index (χ1n) is 10.6. The lowest BCUT2D eigenvalue weighted by atomic mass is 9.75. The highest BCUT2D eigenvalue weighted by Gasteiger charge is 2.49. The number of Topliss-reactive ketones (excluding diaryl/α,β-unsaturated/α-hetero) is 1. The van der Waals surface area contributed by atoms with Gasteiger partial charge in [0.15, 0.2) is 0 Å². The Balaban J connectivity index is 1.74. The summed E-state index contributed by atoms with van der Waals surface area (Å²) in [4.78, 5) is 26.9. The van der Waals surface area contributed by atoms with Crippen LogP contribution in [0.25, 0.3) is 0 Å². The molecule has 0 unspecified atom stereocenters. The zero-order valence-electron chi connectivity index (χ0n) is 17.5. The maximum Gasteiger partial charge on any atom is 0.416 e. The molecule has 176 valence electrons. The summed E-state index contributed by atoms with van der Waals surface area (Å²) >= 11 is 0. The Labute approximate surface area is 186 Å². The highest BCUT2D eigenvalue weighted by molar-refractivity contribution is 5.87. The molecule has 1 saturated carbocycles. The van der Waals surface area contributed by atoms with Crippen LogP contribution >= 0.6 is 0 Å². The second kappa shape index (κ2) is 8.18. The van der Waals surface area contributed by atoms with Crippen molar-refractivity contribution in [2.45, 2.75) is 55.9 Å². The van der Waals surface area contributed by atoms with Crippen molar-refractivity contribution in [1.82, 2.24) is 4.90 Å². The molecule has 2 aromatic carbocycles. The van der Waals surface area contributed by atoms with Gasteiger partial charge >= 0.3 is 12.4 Å². The van der Waals surface area contributed by atoms with Crippen LogP contribution in [0, 0.1) is 0 Å². The second-order valence-electron chi connectivity index (χ2n) is 8.61. The van der Waals surface area contributed by atoms with Crippen molar-refractivity contribution in [3.05, 3.63) is 70.8 Å². The van der Waals surface area contributed by atoms with Gasteiger partial charge < -0.3 is 4.90 Å². The molecule has 1 atom stereocenters. The van der Waals surface area contributed by atoms with Crippen molar-refractivity contribution in [3.8, 4) is 0 Å². The molecule has 3 nitrogen and oxygen atoms in total. The second-order valence-corrected chi connectivity index (χ2v) is 8.61. The number of likely N-dealkylation sites (tertiary alicyclic amines) is 1. The predicted octanol–water partition coefficient (Wildman–Crippen LogP) is 6.08. The average molecular weight is 469 g/mol. The number of rotatable bonds is 3. The van der Waals surface area contributed by atoms with Gasteiger partial charge in [-0.2, -0.15) is 26.3 Å². The number of ketones is 1. The lowest BCUT2D eigenvalue weighted by Gasteiger charge is -2.45. The van der Waals surface area contributed by atoms with E-state index in [1.54, 1.807) is 23.1 Å². The van der Waals surface area contributed by atoms with E-state index in [4.69, 9.17) is 0 Å². The Bertz CT molecular complexity index is 1020. The summed E-state index contributed by atoms with van der Waals surface area (Å²) in [6, 6.07) is 10.4. The Morgan fingerprint density at radius 3 is 1.88 bits per heavy atom. The van der Waals surface area contributed by atoms with Crippen LogP contribution in [0.4, 0.5) is 26.3 Å². The van der Waals surface area contributed by atoms with E-state index in [0.717, 1.165) is 5.56 Å². The third kappa shape index (κ3) is 4.37. The minimum Gasteiger partial charge on any atom is -0.332 e. The molecule has 1 saturated heterocycles. The van der Waals surface area contributed by atoms with Gasteiger partial charge in [0, 0.05) is 19.4 Å². The zero-order chi connectivity index (χ0) is 24.0. The molecular formula is C24H21F6NO2. The van der Waals surface area contributed by atoms with E-state index in [0.29, 0.717) is 25.0 Å². The summed E-state index contributed by atoms with van der Waals surface area (Å²) in [7, 11) is 0. The molecule has 2 aliphatic rings.